The van der Waals surface area contributed by atoms with Gasteiger partial charge in [-0.05, 0) is 24.5 Å². The maximum Gasteiger partial charge on any atom is 0.489 e. The van der Waals surface area contributed by atoms with E-state index >= 15 is 0 Å². The van der Waals surface area contributed by atoms with Crippen LogP contribution in [0.1, 0.15) is 32.2 Å². The summed E-state index contributed by atoms with van der Waals surface area (Å²) >= 11 is 0. The van der Waals surface area contributed by atoms with Crippen LogP contribution >= 0.6 is 0 Å². The number of rotatable bonds is 5. The van der Waals surface area contributed by atoms with Gasteiger partial charge in [0.15, 0.2) is 0 Å². The van der Waals surface area contributed by atoms with E-state index in [1.807, 2.05) is 0 Å². The van der Waals surface area contributed by atoms with Crippen LogP contribution in [0, 0.1) is 6.92 Å². The van der Waals surface area contributed by atoms with E-state index in [1.54, 1.807) is 13.1 Å². The molecule has 0 fully saturated rings. The van der Waals surface area contributed by atoms with Gasteiger partial charge in [-0.25, -0.2) is 4.98 Å². The fourth-order valence-corrected chi connectivity index (χ4v) is 1.89. The van der Waals surface area contributed by atoms with Crippen molar-refractivity contribution in [3.05, 3.63) is 47.0 Å². The van der Waals surface area contributed by atoms with Crippen molar-refractivity contribution >= 4 is 24.8 Å². The van der Waals surface area contributed by atoms with Crippen LogP contribution in [0.2, 0.25) is 0 Å². The predicted octanol–water partition coefficient (Wildman–Crippen LogP) is -0.860. The van der Waals surface area contributed by atoms with Crippen LogP contribution < -0.4 is 10.8 Å². The van der Waals surface area contributed by atoms with E-state index in [9.17, 15) is 9.59 Å². The minimum absolute atomic E-state index is 0.0609. The zero-order valence-corrected chi connectivity index (χ0v) is 11.3. The number of carbonyl (C=O) groups is 2. The van der Waals surface area contributed by atoms with Crippen molar-refractivity contribution in [2.75, 3.05) is 0 Å². The highest BCUT2D eigenvalue weighted by Crippen LogP contribution is 2.03. The number of aromatic nitrogens is 2. The number of aromatic amines is 1. The summed E-state index contributed by atoms with van der Waals surface area (Å²) in [6.45, 7) is 2.08. The third kappa shape index (κ3) is 3.56. The summed E-state index contributed by atoms with van der Waals surface area (Å²) in [5.41, 5.74) is 1.15. The lowest BCUT2D eigenvalue weighted by Gasteiger charge is -2.07. The number of amides is 1. The number of H-pyrrole nitrogens is 1. The fourth-order valence-electron chi connectivity index (χ4n) is 1.89. The lowest BCUT2D eigenvalue weighted by atomic mass is 9.77. The van der Waals surface area contributed by atoms with Gasteiger partial charge in [-0.2, -0.15) is 0 Å². The van der Waals surface area contributed by atoms with Crippen LogP contribution in [-0.4, -0.2) is 39.3 Å². The summed E-state index contributed by atoms with van der Waals surface area (Å²) in [5.74, 6) is 0.383. The van der Waals surface area contributed by atoms with E-state index < -0.39 is 7.12 Å². The van der Waals surface area contributed by atoms with Crippen molar-refractivity contribution in [1.29, 1.82) is 0 Å². The quantitative estimate of drug-likeness (QED) is 0.422. The number of benzene rings is 1. The summed E-state index contributed by atoms with van der Waals surface area (Å²) in [6, 6.07) is 4.08. The second kappa shape index (κ2) is 6.34. The normalized spacial score (nSPS) is 10.2. The van der Waals surface area contributed by atoms with Gasteiger partial charge in [0.1, 0.15) is 12.1 Å². The van der Waals surface area contributed by atoms with Crippen LogP contribution in [0.4, 0.5) is 0 Å². The molecule has 7 nitrogen and oxygen atoms in total. The topological polar surface area (TPSA) is 115 Å². The molecule has 1 aromatic heterocycles. The number of aldehydes is 1. The number of aryl methyl sites for hydroxylation is 1. The molecule has 0 atom stereocenters. The smallest absolute Gasteiger partial charge is 0.423 e. The van der Waals surface area contributed by atoms with Crippen LogP contribution in [0.15, 0.2) is 24.4 Å². The second-order valence-electron chi connectivity index (χ2n) is 4.51. The Kier molecular flexibility index (Phi) is 4.51. The van der Waals surface area contributed by atoms with Gasteiger partial charge in [-0.1, -0.05) is 6.07 Å². The van der Waals surface area contributed by atoms with Crippen molar-refractivity contribution < 1.29 is 19.6 Å². The van der Waals surface area contributed by atoms with E-state index in [-0.39, 0.29) is 29.0 Å². The molecule has 108 valence electrons. The first kappa shape index (κ1) is 15.0. The molecule has 8 heteroatoms. The van der Waals surface area contributed by atoms with Crippen LogP contribution in [0.5, 0.6) is 0 Å². The summed E-state index contributed by atoms with van der Waals surface area (Å²) in [4.78, 5) is 29.9. The fraction of sp³-hybridized carbons (Fsp3) is 0.154. The van der Waals surface area contributed by atoms with Gasteiger partial charge >= 0.3 is 7.12 Å². The Morgan fingerprint density at radius 3 is 2.81 bits per heavy atom. The van der Waals surface area contributed by atoms with Gasteiger partial charge in [0.2, 0.25) is 0 Å². The van der Waals surface area contributed by atoms with Crippen molar-refractivity contribution in [3.63, 3.8) is 0 Å². The minimum atomic E-state index is -1.75. The molecule has 2 rings (SSSR count). The van der Waals surface area contributed by atoms with Crippen molar-refractivity contribution in [2.45, 2.75) is 13.5 Å². The Morgan fingerprint density at radius 2 is 2.24 bits per heavy atom. The Hall–Kier alpha value is -2.45. The molecule has 0 aliphatic carbocycles. The van der Waals surface area contributed by atoms with E-state index in [1.165, 1.54) is 18.2 Å². The molecule has 0 spiro atoms. The molecule has 0 aliphatic rings. The van der Waals surface area contributed by atoms with Gasteiger partial charge < -0.3 is 20.3 Å². The molecule has 0 unspecified atom stereocenters. The van der Waals surface area contributed by atoms with E-state index in [0.29, 0.717) is 6.29 Å². The Morgan fingerprint density at radius 1 is 1.48 bits per heavy atom. The van der Waals surface area contributed by atoms with Crippen molar-refractivity contribution in [3.8, 4) is 0 Å². The third-order valence-corrected chi connectivity index (χ3v) is 2.95. The van der Waals surface area contributed by atoms with E-state index in [4.69, 9.17) is 10.0 Å². The minimum Gasteiger partial charge on any atom is -0.423 e. The SMILES string of the molecule is Cc1ncc(CNC(=O)c2ccc(B(O)O)c(C=O)c2)[nH]1. The molecule has 0 bridgehead atoms. The maximum absolute atomic E-state index is 12.0. The largest absolute Gasteiger partial charge is 0.489 e. The number of hydrogen-bond donors (Lipinski definition) is 4. The second-order valence-corrected chi connectivity index (χ2v) is 4.51. The molecule has 0 saturated heterocycles. The van der Waals surface area contributed by atoms with E-state index in [2.05, 4.69) is 15.3 Å². The molecule has 1 heterocycles. The number of nitrogens with one attached hydrogen (secondary N) is 2. The van der Waals surface area contributed by atoms with Crippen molar-refractivity contribution in [2.24, 2.45) is 0 Å². The highest BCUT2D eigenvalue weighted by molar-refractivity contribution is 6.60. The molecule has 21 heavy (non-hydrogen) atoms. The van der Waals surface area contributed by atoms with Gasteiger partial charge in [-0.3, -0.25) is 9.59 Å². The first-order valence-corrected chi connectivity index (χ1v) is 6.25. The lowest BCUT2D eigenvalue weighted by Crippen LogP contribution is -2.33. The first-order chi connectivity index (χ1) is 10.0. The third-order valence-electron chi connectivity index (χ3n) is 2.95. The summed E-state index contributed by atoms with van der Waals surface area (Å²) in [7, 11) is -1.75. The molecule has 4 N–H and O–H groups in total. The van der Waals surface area contributed by atoms with Crippen LogP contribution in [-0.2, 0) is 6.54 Å². The van der Waals surface area contributed by atoms with Crippen molar-refractivity contribution in [1.82, 2.24) is 15.3 Å². The highest BCUT2D eigenvalue weighted by atomic mass is 16.4. The molecule has 0 aliphatic heterocycles. The average Bonchev–Trinajstić information content (AvgIpc) is 2.89. The monoisotopic (exact) mass is 287 g/mol. The number of carbonyl (C=O) groups excluding carboxylic acids is 2. The zero-order chi connectivity index (χ0) is 15.4. The number of hydrogen-bond acceptors (Lipinski definition) is 5. The number of nitrogens with zero attached hydrogens (tertiary/aromatic N) is 1. The maximum atomic E-state index is 12.0. The predicted molar refractivity (Wildman–Crippen MR) is 76.2 cm³/mol. The average molecular weight is 287 g/mol. The zero-order valence-electron chi connectivity index (χ0n) is 11.3. The molecule has 0 radical (unpaired) electrons. The lowest BCUT2D eigenvalue weighted by molar-refractivity contribution is 0.0950. The van der Waals surface area contributed by atoms with Crippen LogP contribution in [0.3, 0.4) is 0 Å². The Labute approximate surface area is 121 Å². The summed E-state index contributed by atoms with van der Waals surface area (Å²) < 4.78 is 0. The van der Waals surface area contributed by atoms with E-state index in [0.717, 1.165) is 11.5 Å². The van der Waals surface area contributed by atoms with Gasteiger partial charge in [0.25, 0.3) is 5.91 Å². The van der Waals surface area contributed by atoms with Gasteiger partial charge in [0, 0.05) is 11.1 Å². The molecule has 1 aromatic carbocycles. The van der Waals surface area contributed by atoms with Crippen LogP contribution in [0.25, 0.3) is 0 Å². The first-order valence-electron chi connectivity index (χ1n) is 6.25. The molecule has 1 amide bonds. The molecular formula is C13H14BN3O4. The highest BCUT2D eigenvalue weighted by Gasteiger charge is 2.17. The summed E-state index contributed by atoms with van der Waals surface area (Å²) in [5, 5.41) is 20.9. The van der Waals surface area contributed by atoms with Gasteiger partial charge in [0.05, 0.1) is 18.4 Å². The molecular weight excluding hydrogens is 273 g/mol. The molecule has 2 aromatic rings. The number of imidazole rings is 1. The Bertz CT molecular complexity index is 669. The molecule has 0 saturated carbocycles. The standard InChI is InChI=1S/C13H14BN3O4/c1-8-15-5-11(17-8)6-16-13(19)9-2-3-12(14(20)21)10(4-9)7-18/h2-5,7,20-21H,6H2,1H3,(H,15,17)(H,16,19). The van der Waals surface area contributed by atoms with Gasteiger partial charge in [-0.15, -0.1) is 0 Å². The summed E-state index contributed by atoms with van der Waals surface area (Å²) in [6.07, 6.45) is 2.10. The Balaban J connectivity index is 2.10.